The van der Waals surface area contributed by atoms with Gasteiger partial charge in [-0.1, -0.05) is 12.8 Å². The lowest BCUT2D eigenvalue weighted by Gasteiger charge is -2.31. The van der Waals surface area contributed by atoms with Crippen molar-refractivity contribution in [3.63, 3.8) is 0 Å². The molecule has 0 aromatic carbocycles. The summed E-state index contributed by atoms with van der Waals surface area (Å²) in [6, 6.07) is -0.515. The lowest BCUT2D eigenvalue weighted by molar-refractivity contribution is -0.138. The van der Waals surface area contributed by atoms with Gasteiger partial charge in [0.25, 0.3) is 0 Å². The molecule has 1 rings (SSSR count). The van der Waals surface area contributed by atoms with Gasteiger partial charge in [0, 0.05) is 24.9 Å². The number of hydrogen-bond donors (Lipinski definition) is 1. The van der Waals surface area contributed by atoms with Gasteiger partial charge in [0.1, 0.15) is 11.4 Å². The van der Waals surface area contributed by atoms with Gasteiger partial charge >= 0.3 is 12.1 Å². The molecule has 1 aliphatic carbocycles. The van der Waals surface area contributed by atoms with Crippen molar-refractivity contribution in [1.82, 2.24) is 4.90 Å². The Labute approximate surface area is 138 Å². The van der Waals surface area contributed by atoms with E-state index in [9.17, 15) is 14.4 Å². The van der Waals surface area contributed by atoms with Crippen LogP contribution in [0.4, 0.5) is 4.79 Å². The summed E-state index contributed by atoms with van der Waals surface area (Å²) in [5.41, 5.74) is -0.659. The van der Waals surface area contributed by atoms with E-state index in [0.29, 0.717) is 0 Å². The van der Waals surface area contributed by atoms with Gasteiger partial charge in [0.2, 0.25) is 0 Å². The number of ether oxygens (including phenoxy) is 1. The van der Waals surface area contributed by atoms with E-state index in [4.69, 9.17) is 9.84 Å². The fourth-order valence-corrected chi connectivity index (χ4v) is 2.86. The molecule has 0 radical (unpaired) electrons. The molecular weight excluding hydrogens is 298 g/mol. The van der Waals surface area contributed by atoms with Crippen molar-refractivity contribution in [1.29, 1.82) is 0 Å². The van der Waals surface area contributed by atoms with E-state index in [0.717, 1.165) is 25.7 Å². The molecule has 1 saturated carbocycles. The molecule has 1 atom stereocenters. The Morgan fingerprint density at radius 1 is 1.22 bits per heavy atom. The highest BCUT2D eigenvalue weighted by Crippen LogP contribution is 2.26. The van der Waals surface area contributed by atoms with Crippen LogP contribution in [0.5, 0.6) is 0 Å². The number of ketones is 1. The zero-order valence-electron chi connectivity index (χ0n) is 14.6. The SMILES string of the molecule is CC(CC(=O)O)N(CCC(=O)C1CCCC1)C(=O)OC(C)(C)C. The van der Waals surface area contributed by atoms with Crippen LogP contribution >= 0.6 is 0 Å². The molecule has 0 aromatic heterocycles. The number of carbonyl (C=O) groups excluding carboxylic acids is 2. The minimum Gasteiger partial charge on any atom is -0.481 e. The number of rotatable bonds is 7. The average Bonchev–Trinajstić information content (AvgIpc) is 2.89. The van der Waals surface area contributed by atoms with Crippen LogP contribution in [0.1, 0.15) is 66.2 Å². The summed E-state index contributed by atoms with van der Waals surface area (Å²) >= 11 is 0. The molecule has 0 spiro atoms. The smallest absolute Gasteiger partial charge is 0.410 e. The van der Waals surface area contributed by atoms with Crippen molar-refractivity contribution in [2.45, 2.75) is 77.9 Å². The topological polar surface area (TPSA) is 83.9 Å². The number of carboxylic acid groups (broad SMARTS) is 1. The van der Waals surface area contributed by atoms with Gasteiger partial charge in [-0.2, -0.15) is 0 Å². The summed E-state index contributed by atoms with van der Waals surface area (Å²) in [5, 5.41) is 8.95. The molecule has 132 valence electrons. The van der Waals surface area contributed by atoms with Crippen molar-refractivity contribution in [3.05, 3.63) is 0 Å². The van der Waals surface area contributed by atoms with E-state index in [1.807, 2.05) is 0 Å². The Hall–Kier alpha value is -1.59. The molecule has 23 heavy (non-hydrogen) atoms. The van der Waals surface area contributed by atoms with Crippen LogP contribution in [-0.2, 0) is 14.3 Å². The maximum absolute atomic E-state index is 12.3. The summed E-state index contributed by atoms with van der Waals surface area (Å²) in [6.07, 6.45) is 3.55. The summed E-state index contributed by atoms with van der Waals surface area (Å²) in [7, 11) is 0. The first-order chi connectivity index (χ1) is 10.6. The van der Waals surface area contributed by atoms with Gasteiger partial charge in [-0.25, -0.2) is 4.79 Å². The van der Waals surface area contributed by atoms with Gasteiger partial charge in [0.05, 0.1) is 6.42 Å². The lowest BCUT2D eigenvalue weighted by atomic mass is 10.00. The number of aliphatic carboxylic acids is 1. The Bertz CT molecular complexity index is 435. The Morgan fingerprint density at radius 2 is 1.78 bits per heavy atom. The Morgan fingerprint density at radius 3 is 2.26 bits per heavy atom. The number of nitrogens with zero attached hydrogens (tertiary/aromatic N) is 1. The average molecular weight is 327 g/mol. The van der Waals surface area contributed by atoms with E-state index >= 15 is 0 Å². The van der Waals surface area contributed by atoms with Crippen LogP contribution < -0.4 is 0 Å². The maximum atomic E-state index is 12.3. The third-order valence-corrected chi connectivity index (χ3v) is 4.04. The monoisotopic (exact) mass is 327 g/mol. The van der Waals surface area contributed by atoms with E-state index in [2.05, 4.69) is 0 Å². The quantitative estimate of drug-likeness (QED) is 0.776. The standard InChI is InChI=1S/C17H29NO5/c1-12(11-15(20)21)18(16(22)23-17(2,3)4)10-9-14(19)13-7-5-6-8-13/h12-13H,5-11H2,1-4H3,(H,20,21). The molecule has 6 nitrogen and oxygen atoms in total. The van der Waals surface area contributed by atoms with Crippen molar-refractivity contribution >= 4 is 17.8 Å². The predicted molar refractivity (Wildman–Crippen MR) is 86.2 cm³/mol. The van der Waals surface area contributed by atoms with Crippen molar-refractivity contribution < 1.29 is 24.2 Å². The largest absolute Gasteiger partial charge is 0.481 e. The van der Waals surface area contributed by atoms with Crippen LogP contribution in [-0.4, -0.2) is 46.0 Å². The molecule has 0 bridgehead atoms. The molecule has 1 fully saturated rings. The summed E-state index contributed by atoms with van der Waals surface area (Å²) in [6.45, 7) is 7.15. The number of Topliss-reactive ketones (excluding diaryl/α,β-unsaturated/α-hetero) is 1. The predicted octanol–water partition coefficient (Wildman–Crippen LogP) is 3.24. The number of carbonyl (C=O) groups is 3. The molecule has 0 aromatic rings. The number of carboxylic acids is 1. The zero-order chi connectivity index (χ0) is 17.6. The van der Waals surface area contributed by atoms with Crippen LogP contribution in [0, 0.1) is 5.92 Å². The van der Waals surface area contributed by atoms with Gasteiger partial charge in [-0.15, -0.1) is 0 Å². The molecule has 0 heterocycles. The summed E-state index contributed by atoms with van der Waals surface area (Å²) in [5.74, 6) is -0.711. The van der Waals surface area contributed by atoms with Crippen LogP contribution in [0.3, 0.4) is 0 Å². The number of amides is 1. The third-order valence-electron chi connectivity index (χ3n) is 4.04. The summed E-state index contributed by atoms with van der Waals surface area (Å²) < 4.78 is 5.34. The normalized spacial score (nSPS) is 16.9. The molecule has 0 saturated heterocycles. The molecule has 1 aliphatic rings. The molecule has 1 amide bonds. The fraction of sp³-hybridized carbons (Fsp3) is 0.824. The third kappa shape index (κ3) is 7.01. The Kier molecular flexibility index (Phi) is 7.03. The van der Waals surface area contributed by atoms with E-state index in [1.54, 1.807) is 27.7 Å². The molecular formula is C17H29NO5. The zero-order valence-corrected chi connectivity index (χ0v) is 14.6. The van der Waals surface area contributed by atoms with Crippen molar-refractivity contribution in [2.75, 3.05) is 6.54 Å². The minimum atomic E-state index is -0.979. The maximum Gasteiger partial charge on any atom is 0.410 e. The molecule has 6 heteroatoms. The highest BCUT2D eigenvalue weighted by molar-refractivity contribution is 5.82. The van der Waals surface area contributed by atoms with Crippen LogP contribution in [0.2, 0.25) is 0 Å². The molecule has 1 N–H and O–H groups in total. The fourth-order valence-electron chi connectivity index (χ4n) is 2.86. The van der Waals surface area contributed by atoms with Crippen LogP contribution in [0.25, 0.3) is 0 Å². The van der Waals surface area contributed by atoms with Crippen LogP contribution in [0.15, 0.2) is 0 Å². The van der Waals surface area contributed by atoms with Crippen molar-refractivity contribution in [2.24, 2.45) is 5.92 Å². The second-order valence-electron chi connectivity index (χ2n) is 7.32. The first kappa shape index (κ1) is 19.5. The molecule has 0 aliphatic heterocycles. The van der Waals surface area contributed by atoms with Gasteiger partial charge < -0.3 is 14.7 Å². The Balaban J connectivity index is 2.67. The highest BCUT2D eigenvalue weighted by Gasteiger charge is 2.29. The van der Waals surface area contributed by atoms with Gasteiger partial charge in [-0.05, 0) is 40.5 Å². The highest BCUT2D eigenvalue weighted by atomic mass is 16.6. The van der Waals surface area contributed by atoms with Gasteiger partial charge in [-0.3, -0.25) is 9.59 Å². The lowest BCUT2D eigenvalue weighted by Crippen LogP contribution is -2.44. The van der Waals surface area contributed by atoms with E-state index < -0.39 is 23.7 Å². The second-order valence-corrected chi connectivity index (χ2v) is 7.32. The molecule has 1 unspecified atom stereocenters. The first-order valence-corrected chi connectivity index (χ1v) is 8.34. The van der Waals surface area contributed by atoms with E-state index in [1.165, 1.54) is 4.90 Å². The van der Waals surface area contributed by atoms with E-state index in [-0.39, 0.29) is 31.1 Å². The second kappa shape index (κ2) is 8.31. The minimum absolute atomic E-state index is 0.102. The summed E-state index contributed by atoms with van der Waals surface area (Å²) in [4.78, 5) is 36.8. The first-order valence-electron chi connectivity index (χ1n) is 8.34. The number of hydrogen-bond acceptors (Lipinski definition) is 4. The van der Waals surface area contributed by atoms with Gasteiger partial charge in [0.15, 0.2) is 0 Å². The van der Waals surface area contributed by atoms with Crippen molar-refractivity contribution in [3.8, 4) is 0 Å².